The summed E-state index contributed by atoms with van der Waals surface area (Å²) in [5, 5.41) is 46.4. The van der Waals surface area contributed by atoms with Gasteiger partial charge in [0.05, 0.1) is 34.1 Å². The summed E-state index contributed by atoms with van der Waals surface area (Å²) in [6.45, 7) is 7.12. The minimum Gasteiger partial charge on any atom is -0.462 e. The van der Waals surface area contributed by atoms with E-state index in [1.54, 1.807) is 33.7 Å². The Hall–Kier alpha value is -4.04. The Kier molecular flexibility index (Phi) is 15.4. The third-order valence-electron chi connectivity index (χ3n) is 29.1. The first-order chi connectivity index (χ1) is 43.6. The first-order valence-corrected chi connectivity index (χ1v) is 38.6. The van der Waals surface area contributed by atoms with Crippen molar-refractivity contribution < 1.29 is 34.4 Å². The third-order valence-corrected chi connectivity index (χ3v) is 31.8. The van der Waals surface area contributed by atoms with Crippen LogP contribution in [0, 0.1) is 79.8 Å². The molecule has 19 unspecified atom stereocenters. The number of aliphatic hydroxyl groups is 3. The molecule has 12 aliphatic rings. The van der Waals surface area contributed by atoms with Crippen molar-refractivity contribution in [3.63, 3.8) is 0 Å². The van der Waals surface area contributed by atoms with Crippen molar-refractivity contribution in [1.29, 1.82) is 0 Å². The van der Waals surface area contributed by atoms with Gasteiger partial charge in [-0.1, -0.05) is 171 Å². The number of aliphatic hydroxyl groups excluding tert-OH is 2. The summed E-state index contributed by atoms with van der Waals surface area (Å²) in [5.41, 5.74) is 3.26. The van der Waals surface area contributed by atoms with Crippen LogP contribution in [0.5, 0.6) is 0 Å². The number of carbonyl (C=O) groups is 2. The Labute approximate surface area is 545 Å². The normalized spacial score (nSPS) is 43.4. The minimum absolute atomic E-state index is 0.0729. The first kappa shape index (κ1) is 60.9. The fourth-order valence-corrected chi connectivity index (χ4v) is 28.3. The summed E-state index contributed by atoms with van der Waals surface area (Å²) in [6.07, 6.45) is 23.8. The molecule has 0 radical (unpaired) electrons. The molecule has 4 aromatic carbocycles. The molecule has 3 heterocycles. The molecule has 0 amide bonds. The van der Waals surface area contributed by atoms with Gasteiger partial charge in [-0.25, -0.2) is 4.79 Å². The Bertz CT molecular complexity index is 3510. The lowest BCUT2D eigenvalue weighted by molar-refractivity contribution is -0.340. The molecule has 9 aliphatic carbocycles. The smallest absolute Gasteiger partial charge is 0.331 e. The monoisotopic (exact) mass is 1250 g/mol. The maximum atomic E-state index is 16.4. The Morgan fingerprint density at radius 1 is 0.689 bits per heavy atom. The number of fused-ring (bicyclic) bond motifs is 6. The van der Waals surface area contributed by atoms with Crippen LogP contribution in [0.4, 0.5) is 0 Å². The molecule has 7 saturated carbocycles. The fraction of sp³-hybridized carbons (Fsp3) is 0.654. The number of rotatable bonds is 7. The van der Waals surface area contributed by atoms with E-state index in [2.05, 4.69) is 124 Å². The van der Waals surface area contributed by atoms with Crippen LogP contribution in [0.3, 0.4) is 0 Å². The zero-order valence-electron chi connectivity index (χ0n) is 54.2. The van der Waals surface area contributed by atoms with Gasteiger partial charge in [0.2, 0.25) is 0 Å². The van der Waals surface area contributed by atoms with Crippen LogP contribution < -0.4 is 0 Å². The van der Waals surface area contributed by atoms with Gasteiger partial charge in [0.1, 0.15) is 12.7 Å². The van der Waals surface area contributed by atoms with Crippen molar-refractivity contribution in [3.05, 3.63) is 130 Å². The molecule has 1 saturated heterocycles. The van der Waals surface area contributed by atoms with E-state index in [0.29, 0.717) is 68.1 Å². The minimum atomic E-state index is -1.77. The lowest BCUT2D eigenvalue weighted by Gasteiger charge is -2.72. The van der Waals surface area contributed by atoms with Gasteiger partial charge in [0, 0.05) is 41.8 Å². The average Bonchev–Trinajstić information content (AvgIpc) is 1.25. The van der Waals surface area contributed by atoms with E-state index in [-0.39, 0.29) is 59.0 Å². The number of carbonyl (C=O) groups excluding carboxylic acids is 2. The van der Waals surface area contributed by atoms with Gasteiger partial charge in [0.25, 0.3) is 0 Å². The average molecular weight is 1250 g/mol. The molecule has 3 spiro atoms. The quantitative estimate of drug-likeness (QED) is 0.0946. The van der Waals surface area contributed by atoms with Crippen LogP contribution in [-0.2, 0) is 30.9 Å². The topological polar surface area (TPSA) is 113 Å². The van der Waals surface area contributed by atoms with Gasteiger partial charge < -0.3 is 24.8 Å². The van der Waals surface area contributed by atoms with Crippen molar-refractivity contribution in [2.75, 3.05) is 18.1 Å². The first-order valence-electron chi connectivity index (χ1n) is 36.2. The lowest BCUT2D eigenvalue weighted by atomic mass is 9.34. The van der Waals surface area contributed by atoms with Gasteiger partial charge in [0.15, 0.2) is 0 Å². The molecule has 0 aromatic heterocycles. The number of cyclic esters (lactones) is 1. The van der Waals surface area contributed by atoms with E-state index in [0.717, 1.165) is 81.3 Å². The molecule has 16 rings (SSSR count). The second-order valence-electron chi connectivity index (χ2n) is 33.0. The predicted molar refractivity (Wildman–Crippen MR) is 362 cm³/mol. The Morgan fingerprint density at radius 2 is 1.44 bits per heavy atom. The van der Waals surface area contributed by atoms with E-state index >= 15 is 9.90 Å². The second-order valence-corrected chi connectivity index (χ2v) is 35.5. The Balaban J connectivity index is 0.861. The maximum absolute atomic E-state index is 16.4. The molecule has 9 heteroatoms. The second kappa shape index (κ2) is 22.8. The summed E-state index contributed by atoms with van der Waals surface area (Å²) in [7, 11) is 3.91. The van der Waals surface area contributed by atoms with Crippen molar-refractivity contribution in [2.24, 2.45) is 68.0 Å². The molecule has 4 bridgehead atoms. The van der Waals surface area contributed by atoms with Crippen LogP contribution in [-0.4, -0.2) is 69.3 Å². The lowest BCUT2D eigenvalue weighted by Crippen LogP contribution is -2.79. The van der Waals surface area contributed by atoms with Gasteiger partial charge in [-0.05, 0) is 237 Å². The van der Waals surface area contributed by atoms with E-state index in [1.807, 2.05) is 21.6 Å². The van der Waals surface area contributed by atoms with Crippen molar-refractivity contribution in [2.45, 2.75) is 241 Å². The highest BCUT2D eigenvalue weighted by Gasteiger charge is 2.79. The highest BCUT2D eigenvalue weighted by molar-refractivity contribution is 8.76. The van der Waals surface area contributed by atoms with Gasteiger partial charge >= 0.3 is 11.9 Å². The number of esters is 2. The fourth-order valence-electron chi connectivity index (χ4n) is 25.3. The van der Waals surface area contributed by atoms with Gasteiger partial charge in [-0.3, -0.25) is 4.79 Å². The van der Waals surface area contributed by atoms with Crippen LogP contribution in [0.2, 0.25) is 0 Å². The molecule has 478 valence electrons. The number of hydrogen-bond donors (Lipinski definition) is 3. The zero-order chi connectivity index (χ0) is 61.5. The molecule has 3 N–H and O–H groups in total. The Morgan fingerprint density at radius 3 is 2.24 bits per heavy atom. The number of hydrogen-bond acceptors (Lipinski definition) is 9. The maximum Gasteiger partial charge on any atom is 0.331 e. The molecular formula is C81H100O7S2. The SMILES string of the molecule is CC1CCC(O)C23C(O)CCC(C)(C4CCC56CC7(CCCC7)C7CC8(c9ccccc9)CCCCC8c8ccc9cccc(c9c8C75)C6C4)C2C2CC(C)(C#CCC4(CCCCC4CSSCC(Cc4ccccc4)C1)C(=O)O2)C3(O)CCC1=CC(=O)OC1. The van der Waals surface area contributed by atoms with Crippen LogP contribution in [0.1, 0.15) is 233 Å². The van der Waals surface area contributed by atoms with Gasteiger partial charge in [-0.15, -0.1) is 5.92 Å². The molecule has 7 nitrogen and oxygen atoms in total. The van der Waals surface area contributed by atoms with E-state index in [4.69, 9.17) is 9.47 Å². The van der Waals surface area contributed by atoms with E-state index in [1.165, 1.54) is 75.2 Å². The molecular weight excluding hydrogens is 1150 g/mol. The molecule has 8 fully saturated rings. The van der Waals surface area contributed by atoms with Gasteiger partial charge in [-0.2, -0.15) is 0 Å². The van der Waals surface area contributed by atoms with Crippen LogP contribution in [0.25, 0.3) is 10.8 Å². The molecule has 3 aliphatic heterocycles. The van der Waals surface area contributed by atoms with E-state index in [9.17, 15) is 15.0 Å². The zero-order valence-corrected chi connectivity index (χ0v) is 55.8. The largest absolute Gasteiger partial charge is 0.462 e. The van der Waals surface area contributed by atoms with Crippen LogP contribution >= 0.6 is 21.6 Å². The molecule has 4 aromatic rings. The van der Waals surface area contributed by atoms with Crippen molar-refractivity contribution >= 4 is 44.3 Å². The standard InChI is InChI=1S/C81H100O7S2/c1-52-26-29-66(82)81-67(83)32-39-75(3,58-31-40-79-51-76(34-14-15-35-76)64-46-78(57-21-8-5-9-22-57)37-13-11-25-62(78)61-28-27-56-20-16-24-60(63(79)45-58)69(56)70(61)71(64)79)72(81)65-47-74(2,80(81,86)41-30-54-44-68(84)87-48-54)33-17-38-77(73(85)88-65)36-12-10-23-59(77)50-90-89-49-55(42-52)43-53-18-6-4-7-19-53/h4-9,16,18-22,24,27-28,44,52,55,58-59,62-67,71-72,82-83,86H,10-15,23,25-26,29-32,34-43,45-51H2,1-3H3. The number of benzene rings is 4. The van der Waals surface area contributed by atoms with Crippen molar-refractivity contribution in [1.82, 2.24) is 0 Å². The summed E-state index contributed by atoms with van der Waals surface area (Å²) in [6, 6.07) is 35.3. The molecule has 19 atom stereocenters. The summed E-state index contributed by atoms with van der Waals surface area (Å²) in [5.74, 6) is 11.0. The highest BCUT2D eigenvalue weighted by atomic mass is 33.1. The van der Waals surface area contributed by atoms with Crippen molar-refractivity contribution in [3.8, 4) is 11.8 Å². The third kappa shape index (κ3) is 9.03. The van der Waals surface area contributed by atoms with E-state index < -0.39 is 51.5 Å². The summed E-state index contributed by atoms with van der Waals surface area (Å²) < 4.78 is 13.2. The molecule has 90 heavy (non-hydrogen) atoms. The van der Waals surface area contributed by atoms with Crippen LogP contribution in [0.15, 0.2) is 103 Å². The number of ether oxygens (including phenoxy) is 2. The predicted octanol–water partition coefficient (Wildman–Crippen LogP) is 17.5. The highest BCUT2D eigenvalue weighted by Crippen LogP contribution is 2.82. The summed E-state index contributed by atoms with van der Waals surface area (Å²) >= 11 is 0. The summed E-state index contributed by atoms with van der Waals surface area (Å²) in [4.78, 5) is 29.2.